The van der Waals surface area contributed by atoms with Gasteiger partial charge in [-0.2, -0.15) is 0 Å². The van der Waals surface area contributed by atoms with Crippen molar-refractivity contribution in [3.63, 3.8) is 0 Å². The number of anilines is 1. The number of rotatable bonds is 2. The molecule has 4 rings (SSSR count). The van der Waals surface area contributed by atoms with Crippen LogP contribution in [0, 0.1) is 11.7 Å². The second kappa shape index (κ2) is 5.52. The second-order valence-electron chi connectivity index (χ2n) is 5.48. The zero-order chi connectivity index (χ0) is 16.8. The highest BCUT2D eigenvalue weighted by Gasteiger charge is 2.56. The Morgan fingerprint density at radius 3 is 2.33 bits per heavy atom. The van der Waals surface area contributed by atoms with E-state index in [1.54, 1.807) is 24.3 Å². The molecular weight excluding hydrogens is 379 g/mol. The molecule has 0 aromatic heterocycles. The van der Waals surface area contributed by atoms with Crippen molar-refractivity contribution in [3.05, 3.63) is 64.4 Å². The van der Waals surface area contributed by atoms with Crippen LogP contribution >= 0.6 is 15.9 Å². The number of hydrogen-bond donors (Lipinski definition) is 0. The van der Waals surface area contributed by atoms with Crippen LogP contribution in [0.25, 0.3) is 0 Å². The lowest BCUT2D eigenvalue weighted by Gasteiger charge is -2.15. The molecule has 0 N–H and O–H groups in total. The molecule has 0 saturated carbocycles. The fourth-order valence-corrected chi connectivity index (χ4v) is 3.15. The first kappa shape index (κ1) is 15.0. The summed E-state index contributed by atoms with van der Waals surface area (Å²) < 4.78 is 13.9. The Labute approximate surface area is 144 Å². The molecule has 0 radical (unpaired) electrons. The van der Waals surface area contributed by atoms with Crippen LogP contribution < -0.4 is 4.90 Å². The molecule has 0 aliphatic carbocycles. The highest BCUT2D eigenvalue weighted by Crippen LogP contribution is 2.35. The van der Waals surface area contributed by atoms with Gasteiger partial charge in [0.15, 0.2) is 0 Å². The number of oxime groups is 1. The predicted octanol–water partition coefficient (Wildman–Crippen LogP) is 2.88. The summed E-state index contributed by atoms with van der Waals surface area (Å²) >= 11 is 3.32. The lowest BCUT2D eigenvalue weighted by atomic mass is 9.94. The summed E-state index contributed by atoms with van der Waals surface area (Å²) in [5.74, 6) is -2.05. The minimum absolute atomic E-state index is 0.345. The SMILES string of the molecule is O=C1[C@H]2C(c3ccc(F)cc3)=NO[C@H]2C(=O)N1c1ccc(Br)cc1. The molecule has 0 bridgehead atoms. The number of nitrogens with zero attached hydrogens (tertiary/aromatic N) is 2. The van der Waals surface area contributed by atoms with Crippen molar-refractivity contribution in [1.82, 2.24) is 0 Å². The maximum atomic E-state index is 13.1. The Hall–Kier alpha value is -2.54. The fraction of sp³-hybridized carbons (Fsp3) is 0.118. The van der Waals surface area contributed by atoms with E-state index in [9.17, 15) is 14.0 Å². The van der Waals surface area contributed by atoms with Crippen LogP contribution in [0.1, 0.15) is 5.56 Å². The molecule has 1 fully saturated rings. The average Bonchev–Trinajstić information content (AvgIpc) is 3.11. The Morgan fingerprint density at radius 1 is 1.00 bits per heavy atom. The van der Waals surface area contributed by atoms with Gasteiger partial charge in [-0.25, -0.2) is 9.29 Å². The van der Waals surface area contributed by atoms with Gasteiger partial charge in [0.1, 0.15) is 17.4 Å². The third-order valence-corrected chi connectivity index (χ3v) is 4.57. The van der Waals surface area contributed by atoms with Crippen LogP contribution in [0.15, 0.2) is 58.2 Å². The predicted molar refractivity (Wildman–Crippen MR) is 87.9 cm³/mol. The van der Waals surface area contributed by atoms with Crippen LogP contribution in [0.4, 0.5) is 10.1 Å². The Kier molecular flexibility index (Phi) is 3.45. The summed E-state index contributed by atoms with van der Waals surface area (Å²) in [4.78, 5) is 31.7. The van der Waals surface area contributed by atoms with Gasteiger partial charge >= 0.3 is 0 Å². The second-order valence-corrected chi connectivity index (χ2v) is 6.39. The van der Waals surface area contributed by atoms with Crippen molar-refractivity contribution in [2.45, 2.75) is 6.10 Å². The number of hydrogen-bond acceptors (Lipinski definition) is 4. The Balaban J connectivity index is 1.69. The van der Waals surface area contributed by atoms with E-state index in [0.717, 1.165) is 9.37 Å². The van der Waals surface area contributed by atoms with Crippen LogP contribution in [0.2, 0.25) is 0 Å². The van der Waals surface area contributed by atoms with E-state index in [4.69, 9.17) is 4.84 Å². The topological polar surface area (TPSA) is 59.0 Å². The van der Waals surface area contributed by atoms with E-state index in [1.165, 1.54) is 24.3 Å². The first-order chi connectivity index (χ1) is 11.6. The van der Waals surface area contributed by atoms with Gasteiger partial charge in [0.25, 0.3) is 5.91 Å². The van der Waals surface area contributed by atoms with Crippen LogP contribution in [0.3, 0.4) is 0 Å². The lowest BCUT2D eigenvalue weighted by Crippen LogP contribution is -2.33. The van der Waals surface area contributed by atoms with E-state index in [1.807, 2.05) is 0 Å². The molecule has 7 heteroatoms. The van der Waals surface area contributed by atoms with Crippen LogP contribution in [0.5, 0.6) is 0 Å². The molecule has 0 spiro atoms. The number of carbonyl (C=O) groups excluding carboxylic acids is 2. The van der Waals surface area contributed by atoms with Gasteiger partial charge in [-0.15, -0.1) is 0 Å². The first-order valence-corrected chi connectivity index (χ1v) is 7.98. The third-order valence-electron chi connectivity index (χ3n) is 4.04. The van der Waals surface area contributed by atoms with Crippen molar-refractivity contribution < 1.29 is 18.8 Å². The summed E-state index contributed by atoms with van der Waals surface area (Å²) in [5, 5.41) is 3.88. The average molecular weight is 389 g/mol. The maximum absolute atomic E-state index is 13.1. The highest BCUT2D eigenvalue weighted by atomic mass is 79.9. The highest BCUT2D eigenvalue weighted by molar-refractivity contribution is 9.10. The molecule has 2 aromatic carbocycles. The minimum Gasteiger partial charge on any atom is -0.381 e. The van der Waals surface area contributed by atoms with Crippen LogP contribution in [-0.4, -0.2) is 23.6 Å². The number of benzene rings is 2. The van der Waals surface area contributed by atoms with Crippen molar-refractivity contribution in [2.75, 3.05) is 4.90 Å². The number of halogens is 2. The maximum Gasteiger partial charge on any atom is 0.278 e. The van der Waals surface area contributed by atoms with Crippen LogP contribution in [-0.2, 0) is 14.4 Å². The molecule has 1 saturated heterocycles. The minimum atomic E-state index is -0.971. The van der Waals surface area contributed by atoms with E-state index in [-0.39, 0.29) is 5.82 Å². The fourth-order valence-electron chi connectivity index (χ4n) is 2.88. The molecule has 2 aromatic rings. The van der Waals surface area contributed by atoms with Gasteiger partial charge in [0.2, 0.25) is 12.0 Å². The van der Waals surface area contributed by atoms with Crippen molar-refractivity contribution in [1.29, 1.82) is 0 Å². The van der Waals surface area contributed by atoms with Gasteiger partial charge in [0, 0.05) is 10.0 Å². The monoisotopic (exact) mass is 388 g/mol. The molecule has 2 atom stereocenters. The summed E-state index contributed by atoms with van der Waals surface area (Å²) in [6, 6.07) is 12.4. The van der Waals surface area contributed by atoms with Gasteiger partial charge < -0.3 is 4.84 Å². The molecule has 2 aliphatic heterocycles. The van der Waals surface area contributed by atoms with Gasteiger partial charge in [-0.05, 0) is 36.4 Å². The molecular formula is C17H10BrFN2O3. The summed E-state index contributed by atoms with van der Waals surface area (Å²) in [5.41, 5.74) is 1.38. The number of fused-ring (bicyclic) bond motifs is 1. The number of imide groups is 1. The first-order valence-electron chi connectivity index (χ1n) is 7.19. The van der Waals surface area contributed by atoms with E-state index >= 15 is 0 Å². The van der Waals surface area contributed by atoms with Crippen molar-refractivity contribution in [3.8, 4) is 0 Å². The largest absolute Gasteiger partial charge is 0.381 e. The summed E-state index contributed by atoms with van der Waals surface area (Å²) in [6.45, 7) is 0. The zero-order valence-electron chi connectivity index (χ0n) is 12.1. The van der Waals surface area contributed by atoms with Gasteiger partial charge in [0.05, 0.1) is 5.69 Å². The van der Waals surface area contributed by atoms with E-state index in [0.29, 0.717) is 17.0 Å². The van der Waals surface area contributed by atoms with E-state index < -0.39 is 23.8 Å². The van der Waals surface area contributed by atoms with Crippen molar-refractivity contribution in [2.24, 2.45) is 11.1 Å². The molecule has 24 heavy (non-hydrogen) atoms. The quantitative estimate of drug-likeness (QED) is 0.743. The molecule has 120 valence electrons. The Morgan fingerprint density at radius 2 is 1.67 bits per heavy atom. The van der Waals surface area contributed by atoms with Gasteiger partial charge in [-0.3, -0.25) is 9.59 Å². The lowest BCUT2D eigenvalue weighted by molar-refractivity contribution is -0.126. The Bertz CT molecular complexity index is 864. The summed E-state index contributed by atoms with van der Waals surface area (Å²) in [7, 11) is 0. The van der Waals surface area contributed by atoms with E-state index in [2.05, 4.69) is 21.1 Å². The smallest absolute Gasteiger partial charge is 0.278 e. The molecule has 2 amide bonds. The molecule has 2 heterocycles. The third kappa shape index (κ3) is 2.24. The molecule has 5 nitrogen and oxygen atoms in total. The normalized spacial score (nSPS) is 22.4. The number of carbonyl (C=O) groups is 2. The molecule has 2 aliphatic rings. The molecule has 0 unspecified atom stereocenters. The van der Waals surface area contributed by atoms with Gasteiger partial charge in [-0.1, -0.05) is 33.2 Å². The zero-order valence-corrected chi connectivity index (χ0v) is 13.7. The standard InChI is InChI=1S/C17H10BrFN2O3/c18-10-3-7-12(8-4-10)21-16(22)13-14(20-24-15(13)17(21)23)9-1-5-11(19)6-2-9/h1-8,13,15H/t13-,15+/m0/s1. The number of amides is 2. The van der Waals surface area contributed by atoms with Crippen molar-refractivity contribution >= 4 is 39.1 Å². The summed E-state index contributed by atoms with van der Waals surface area (Å²) in [6.07, 6.45) is -0.971.